The molecule has 0 saturated carbocycles. The fourth-order valence-corrected chi connectivity index (χ4v) is 1.18. The van der Waals surface area contributed by atoms with Crippen molar-refractivity contribution >= 4 is 18.2 Å². The van der Waals surface area contributed by atoms with Gasteiger partial charge in [-0.25, -0.2) is 9.59 Å². The first-order chi connectivity index (χ1) is 8.49. The Kier molecular flexibility index (Phi) is 4.37. The van der Waals surface area contributed by atoms with Crippen LogP contribution in [0.25, 0.3) is 0 Å². The van der Waals surface area contributed by atoms with Crippen LogP contribution in [0.3, 0.4) is 0 Å². The summed E-state index contributed by atoms with van der Waals surface area (Å²) in [7, 11) is 1.20. The topological polar surface area (TPSA) is 69.7 Å². The van der Waals surface area contributed by atoms with Crippen LogP contribution < -0.4 is 4.74 Å². The standard InChI is InChI=1S/C13H12O5/c1-8(2)12(15)18-10-5-4-9(7-14)11(6-10)13(16)17-3/h4-7H,1H2,2-3H3. The predicted molar refractivity (Wildman–Crippen MR) is 63.6 cm³/mol. The SMILES string of the molecule is C=C(C)C(=O)Oc1ccc(C=O)c(C(=O)OC)c1. The highest BCUT2D eigenvalue weighted by atomic mass is 16.5. The molecule has 0 amide bonds. The summed E-state index contributed by atoms with van der Waals surface area (Å²) < 4.78 is 9.48. The average Bonchev–Trinajstić information content (AvgIpc) is 2.37. The van der Waals surface area contributed by atoms with Gasteiger partial charge in [-0.15, -0.1) is 0 Å². The second-order valence-electron chi connectivity index (χ2n) is 3.53. The van der Waals surface area contributed by atoms with Gasteiger partial charge in [0, 0.05) is 11.1 Å². The molecule has 1 aromatic rings. The minimum Gasteiger partial charge on any atom is -0.465 e. The maximum absolute atomic E-state index is 11.4. The number of ether oxygens (including phenoxy) is 2. The molecule has 0 aliphatic rings. The maximum Gasteiger partial charge on any atom is 0.338 e. The second-order valence-corrected chi connectivity index (χ2v) is 3.53. The number of rotatable bonds is 4. The molecular weight excluding hydrogens is 236 g/mol. The lowest BCUT2D eigenvalue weighted by Gasteiger charge is -2.07. The fourth-order valence-electron chi connectivity index (χ4n) is 1.18. The van der Waals surface area contributed by atoms with E-state index < -0.39 is 11.9 Å². The van der Waals surface area contributed by atoms with Crippen molar-refractivity contribution in [1.29, 1.82) is 0 Å². The van der Waals surface area contributed by atoms with Gasteiger partial charge < -0.3 is 9.47 Å². The lowest BCUT2D eigenvalue weighted by molar-refractivity contribution is -0.130. The monoisotopic (exact) mass is 248 g/mol. The quantitative estimate of drug-likeness (QED) is 0.351. The van der Waals surface area contributed by atoms with Gasteiger partial charge in [0.25, 0.3) is 0 Å². The Morgan fingerprint density at radius 1 is 1.33 bits per heavy atom. The van der Waals surface area contributed by atoms with Crippen molar-refractivity contribution in [2.24, 2.45) is 0 Å². The van der Waals surface area contributed by atoms with Gasteiger partial charge >= 0.3 is 11.9 Å². The van der Waals surface area contributed by atoms with E-state index in [-0.39, 0.29) is 22.4 Å². The van der Waals surface area contributed by atoms with Gasteiger partial charge in [-0.2, -0.15) is 0 Å². The van der Waals surface area contributed by atoms with Crippen LogP contribution in [-0.4, -0.2) is 25.3 Å². The van der Waals surface area contributed by atoms with Gasteiger partial charge in [0.2, 0.25) is 0 Å². The van der Waals surface area contributed by atoms with Crippen molar-refractivity contribution in [3.63, 3.8) is 0 Å². The Bertz CT molecular complexity index is 516. The normalized spacial score (nSPS) is 9.44. The highest BCUT2D eigenvalue weighted by Gasteiger charge is 2.14. The largest absolute Gasteiger partial charge is 0.465 e. The van der Waals surface area contributed by atoms with Gasteiger partial charge in [-0.3, -0.25) is 4.79 Å². The van der Waals surface area contributed by atoms with E-state index in [2.05, 4.69) is 11.3 Å². The van der Waals surface area contributed by atoms with E-state index in [1.165, 1.54) is 32.2 Å². The zero-order chi connectivity index (χ0) is 13.7. The second kappa shape index (κ2) is 5.77. The summed E-state index contributed by atoms with van der Waals surface area (Å²) in [6, 6.07) is 4.06. The molecule has 0 fully saturated rings. The fraction of sp³-hybridized carbons (Fsp3) is 0.154. The Hall–Kier alpha value is -2.43. The third kappa shape index (κ3) is 3.04. The Morgan fingerprint density at radius 3 is 2.50 bits per heavy atom. The number of hydrogen-bond acceptors (Lipinski definition) is 5. The van der Waals surface area contributed by atoms with Gasteiger partial charge in [0.1, 0.15) is 5.75 Å². The van der Waals surface area contributed by atoms with Crippen LogP contribution >= 0.6 is 0 Å². The third-order valence-electron chi connectivity index (χ3n) is 2.12. The molecule has 0 aliphatic heterocycles. The number of benzene rings is 1. The summed E-state index contributed by atoms with van der Waals surface area (Å²) in [5, 5.41) is 0. The number of aldehydes is 1. The summed E-state index contributed by atoms with van der Waals surface area (Å²) in [6.07, 6.45) is 0.524. The van der Waals surface area contributed by atoms with Crippen LogP contribution in [0, 0.1) is 0 Å². The smallest absolute Gasteiger partial charge is 0.338 e. The molecule has 94 valence electrons. The molecule has 0 spiro atoms. The molecule has 0 unspecified atom stereocenters. The van der Waals surface area contributed by atoms with E-state index in [1.807, 2.05) is 0 Å². The zero-order valence-corrected chi connectivity index (χ0v) is 10.1. The number of carbonyl (C=O) groups excluding carboxylic acids is 3. The van der Waals surface area contributed by atoms with Crippen LogP contribution in [0.4, 0.5) is 0 Å². The molecule has 0 heterocycles. The summed E-state index contributed by atoms with van der Waals surface area (Å²) >= 11 is 0. The van der Waals surface area contributed by atoms with E-state index in [4.69, 9.17) is 4.74 Å². The highest BCUT2D eigenvalue weighted by molar-refractivity contribution is 5.99. The molecule has 0 N–H and O–H groups in total. The van der Waals surface area contributed by atoms with E-state index >= 15 is 0 Å². The Morgan fingerprint density at radius 2 is 2.00 bits per heavy atom. The Balaban J connectivity index is 3.10. The van der Waals surface area contributed by atoms with Gasteiger partial charge in [-0.1, -0.05) is 6.58 Å². The summed E-state index contributed by atoms with van der Waals surface area (Å²) in [4.78, 5) is 33.5. The van der Waals surface area contributed by atoms with Crippen LogP contribution in [0.1, 0.15) is 27.6 Å². The molecule has 5 nitrogen and oxygen atoms in total. The van der Waals surface area contributed by atoms with Crippen molar-refractivity contribution in [1.82, 2.24) is 0 Å². The lowest BCUT2D eigenvalue weighted by Crippen LogP contribution is -2.10. The Labute approximate surface area is 104 Å². The number of hydrogen-bond donors (Lipinski definition) is 0. The number of methoxy groups -OCH3 is 1. The molecule has 1 rings (SSSR count). The van der Waals surface area contributed by atoms with Gasteiger partial charge in [0.15, 0.2) is 6.29 Å². The van der Waals surface area contributed by atoms with Crippen LogP contribution in [0.5, 0.6) is 5.75 Å². The van der Waals surface area contributed by atoms with E-state index in [1.54, 1.807) is 0 Å². The van der Waals surface area contributed by atoms with Gasteiger partial charge in [-0.05, 0) is 25.1 Å². The molecule has 0 aliphatic carbocycles. The van der Waals surface area contributed by atoms with Crippen molar-refractivity contribution in [2.75, 3.05) is 7.11 Å². The molecule has 0 atom stereocenters. The van der Waals surface area contributed by atoms with E-state index in [9.17, 15) is 14.4 Å². The van der Waals surface area contributed by atoms with Crippen molar-refractivity contribution in [2.45, 2.75) is 6.92 Å². The zero-order valence-electron chi connectivity index (χ0n) is 10.1. The first-order valence-corrected chi connectivity index (χ1v) is 5.04. The maximum atomic E-state index is 11.4. The van der Waals surface area contributed by atoms with Crippen LogP contribution in [-0.2, 0) is 9.53 Å². The highest BCUT2D eigenvalue weighted by Crippen LogP contribution is 2.18. The van der Waals surface area contributed by atoms with Gasteiger partial charge in [0.05, 0.1) is 12.7 Å². The van der Waals surface area contributed by atoms with Crippen LogP contribution in [0.2, 0.25) is 0 Å². The lowest BCUT2D eigenvalue weighted by atomic mass is 10.1. The van der Waals surface area contributed by atoms with Crippen LogP contribution in [0.15, 0.2) is 30.4 Å². The number of esters is 2. The first kappa shape index (κ1) is 13.6. The molecule has 0 radical (unpaired) electrons. The predicted octanol–water partition coefficient (Wildman–Crippen LogP) is 1.77. The average molecular weight is 248 g/mol. The number of carbonyl (C=O) groups is 3. The van der Waals surface area contributed by atoms with Crippen molar-refractivity contribution < 1.29 is 23.9 Å². The molecule has 1 aromatic carbocycles. The summed E-state index contributed by atoms with van der Waals surface area (Å²) in [5.74, 6) is -1.14. The molecule has 0 saturated heterocycles. The molecule has 18 heavy (non-hydrogen) atoms. The minimum absolute atomic E-state index is 0.0412. The molecule has 0 bridgehead atoms. The third-order valence-corrected chi connectivity index (χ3v) is 2.12. The minimum atomic E-state index is -0.676. The van der Waals surface area contributed by atoms with E-state index in [0.29, 0.717) is 6.29 Å². The van der Waals surface area contributed by atoms with Crippen molar-refractivity contribution in [3.8, 4) is 5.75 Å². The molecular formula is C13H12O5. The van der Waals surface area contributed by atoms with Crippen molar-refractivity contribution in [3.05, 3.63) is 41.5 Å². The summed E-state index contributed by atoms with van der Waals surface area (Å²) in [6.45, 7) is 4.94. The molecule has 0 aromatic heterocycles. The van der Waals surface area contributed by atoms with E-state index in [0.717, 1.165) is 0 Å². The molecule has 5 heteroatoms. The summed E-state index contributed by atoms with van der Waals surface area (Å²) in [5.41, 5.74) is 0.436. The first-order valence-electron chi connectivity index (χ1n) is 5.04.